The number of sulfone groups is 1. The maximum atomic E-state index is 11.9. The minimum atomic E-state index is -3.21. The number of rotatable bonds is 4. The Hall–Kier alpha value is -2.02. The molecule has 0 amide bonds. The van der Waals surface area contributed by atoms with Crippen molar-refractivity contribution in [1.29, 1.82) is 0 Å². The third-order valence-electron chi connectivity index (χ3n) is 5.13. The highest BCUT2D eigenvalue weighted by atomic mass is 35.5. The monoisotopic (exact) mass is 403 g/mol. The standard InChI is InChI=1S/C20H22ClN3O2S/c1-27(25,26)18-6-7-20-19(12-18)15(13-22-20)14-23-8-10-24(11-9-23)17-4-2-16(21)3-5-17/h2-7,12-13,22H,8-11,14H2,1H3. The minimum absolute atomic E-state index is 0.364. The lowest BCUT2D eigenvalue weighted by molar-refractivity contribution is 0.250. The van der Waals surface area contributed by atoms with Gasteiger partial charge in [-0.05, 0) is 48.0 Å². The molecule has 0 atom stereocenters. The fourth-order valence-corrected chi connectivity index (χ4v) is 4.35. The Balaban J connectivity index is 1.47. The van der Waals surface area contributed by atoms with Gasteiger partial charge in [-0.1, -0.05) is 11.6 Å². The number of H-pyrrole nitrogens is 1. The first-order valence-electron chi connectivity index (χ1n) is 8.93. The second kappa shape index (κ2) is 7.19. The predicted octanol–water partition coefficient (Wildman–Crippen LogP) is 3.55. The van der Waals surface area contributed by atoms with E-state index in [-0.39, 0.29) is 0 Å². The largest absolute Gasteiger partial charge is 0.369 e. The molecule has 0 aliphatic carbocycles. The van der Waals surface area contributed by atoms with Gasteiger partial charge in [0.2, 0.25) is 0 Å². The zero-order valence-corrected chi connectivity index (χ0v) is 16.7. The van der Waals surface area contributed by atoms with Gasteiger partial charge in [-0.15, -0.1) is 0 Å². The number of fused-ring (bicyclic) bond motifs is 1. The highest BCUT2D eigenvalue weighted by molar-refractivity contribution is 7.90. The first-order chi connectivity index (χ1) is 12.9. The van der Waals surface area contributed by atoms with Gasteiger partial charge in [0.05, 0.1) is 4.90 Å². The summed E-state index contributed by atoms with van der Waals surface area (Å²) in [5, 5.41) is 1.74. The quantitative estimate of drug-likeness (QED) is 0.723. The van der Waals surface area contributed by atoms with Crippen LogP contribution in [0.3, 0.4) is 0 Å². The van der Waals surface area contributed by atoms with E-state index in [1.807, 2.05) is 24.4 Å². The first-order valence-corrected chi connectivity index (χ1v) is 11.2. The Kier molecular flexibility index (Phi) is 4.88. The van der Waals surface area contributed by atoms with Gasteiger partial charge in [-0.25, -0.2) is 8.42 Å². The zero-order valence-electron chi connectivity index (χ0n) is 15.2. The average Bonchev–Trinajstić information content (AvgIpc) is 3.05. The minimum Gasteiger partial charge on any atom is -0.369 e. The molecule has 1 aliphatic rings. The van der Waals surface area contributed by atoms with E-state index in [1.54, 1.807) is 12.1 Å². The molecule has 7 heteroatoms. The summed E-state index contributed by atoms with van der Waals surface area (Å²) in [7, 11) is -3.21. The van der Waals surface area contributed by atoms with Crippen LogP contribution in [0.2, 0.25) is 5.02 Å². The fourth-order valence-electron chi connectivity index (χ4n) is 3.58. The van der Waals surface area contributed by atoms with Gasteiger partial charge < -0.3 is 9.88 Å². The van der Waals surface area contributed by atoms with Crippen molar-refractivity contribution in [2.45, 2.75) is 11.4 Å². The van der Waals surface area contributed by atoms with Crippen molar-refractivity contribution in [3.63, 3.8) is 0 Å². The Morgan fingerprint density at radius 2 is 1.74 bits per heavy atom. The van der Waals surface area contributed by atoms with Gasteiger partial charge in [0.25, 0.3) is 0 Å². The molecule has 0 radical (unpaired) electrons. The highest BCUT2D eigenvalue weighted by Crippen LogP contribution is 2.25. The number of nitrogens with one attached hydrogen (secondary N) is 1. The van der Waals surface area contributed by atoms with Crippen molar-refractivity contribution in [1.82, 2.24) is 9.88 Å². The van der Waals surface area contributed by atoms with Crippen LogP contribution < -0.4 is 4.90 Å². The molecule has 1 aliphatic heterocycles. The summed E-state index contributed by atoms with van der Waals surface area (Å²) in [6.45, 7) is 4.64. The summed E-state index contributed by atoms with van der Waals surface area (Å²) in [5.74, 6) is 0. The molecule has 1 aromatic heterocycles. The molecule has 0 saturated carbocycles. The molecule has 2 aromatic carbocycles. The lowest BCUT2D eigenvalue weighted by atomic mass is 10.1. The highest BCUT2D eigenvalue weighted by Gasteiger charge is 2.19. The fraction of sp³-hybridized carbons (Fsp3) is 0.300. The van der Waals surface area contributed by atoms with Crippen LogP contribution in [-0.2, 0) is 16.4 Å². The van der Waals surface area contributed by atoms with Gasteiger partial charge in [0, 0.05) is 66.8 Å². The number of aromatic nitrogens is 1. The van der Waals surface area contributed by atoms with E-state index in [9.17, 15) is 8.42 Å². The van der Waals surface area contributed by atoms with Gasteiger partial charge in [0.15, 0.2) is 9.84 Å². The molecule has 0 bridgehead atoms. The number of hydrogen-bond acceptors (Lipinski definition) is 4. The van der Waals surface area contributed by atoms with Crippen LogP contribution in [0, 0.1) is 0 Å². The van der Waals surface area contributed by atoms with Crippen molar-refractivity contribution in [2.75, 3.05) is 37.3 Å². The number of anilines is 1. The average molecular weight is 404 g/mol. The van der Waals surface area contributed by atoms with Crippen LogP contribution in [0.5, 0.6) is 0 Å². The van der Waals surface area contributed by atoms with E-state index >= 15 is 0 Å². The zero-order chi connectivity index (χ0) is 19.0. The van der Waals surface area contributed by atoms with Crippen LogP contribution in [0.25, 0.3) is 10.9 Å². The van der Waals surface area contributed by atoms with Crippen LogP contribution in [0.1, 0.15) is 5.56 Å². The third-order valence-corrected chi connectivity index (χ3v) is 6.49. The van der Waals surface area contributed by atoms with E-state index < -0.39 is 9.84 Å². The summed E-state index contributed by atoms with van der Waals surface area (Å²) in [5.41, 5.74) is 3.30. The Morgan fingerprint density at radius 3 is 2.41 bits per heavy atom. The lowest BCUT2D eigenvalue weighted by Gasteiger charge is -2.36. The smallest absolute Gasteiger partial charge is 0.175 e. The molecule has 27 heavy (non-hydrogen) atoms. The van der Waals surface area contributed by atoms with Gasteiger partial charge in [0.1, 0.15) is 0 Å². The van der Waals surface area contributed by atoms with Gasteiger partial charge in [-0.2, -0.15) is 0 Å². The Bertz CT molecular complexity index is 1050. The van der Waals surface area contributed by atoms with E-state index in [0.29, 0.717) is 4.90 Å². The van der Waals surface area contributed by atoms with Crippen molar-refractivity contribution < 1.29 is 8.42 Å². The molecule has 4 rings (SSSR count). The summed E-state index contributed by atoms with van der Waals surface area (Å²) in [6, 6.07) is 13.2. The molecule has 0 spiro atoms. The molecule has 5 nitrogen and oxygen atoms in total. The van der Waals surface area contributed by atoms with Gasteiger partial charge in [-0.3, -0.25) is 4.90 Å². The normalized spacial score (nSPS) is 16.1. The predicted molar refractivity (Wildman–Crippen MR) is 110 cm³/mol. The number of benzene rings is 2. The molecule has 2 heterocycles. The molecule has 142 valence electrons. The molecule has 3 aromatic rings. The van der Waals surface area contributed by atoms with Crippen LogP contribution in [0.4, 0.5) is 5.69 Å². The number of piperazine rings is 1. The van der Waals surface area contributed by atoms with Crippen molar-refractivity contribution in [3.8, 4) is 0 Å². The molecule has 1 N–H and O–H groups in total. The Morgan fingerprint density at radius 1 is 1.04 bits per heavy atom. The van der Waals surface area contributed by atoms with E-state index in [1.165, 1.54) is 11.9 Å². The van der Waals surface area contributed by atoms with Crippen LogP contribution in [-0.4, -0.2) is 50.7 Å². The van der Waals surface area contributed by atoms with Gasteiger partial charge >= 0.3 is 0 Å². The first kappa shape index (κ1) is 18.3. The second-order valence-electron chi connectivity index (χ2n) is 7.03. The maximum Gasteiger partial charge on any atom is 0.175 e. The van der Waals surface area contributed by atoms with Crippen molar-refractivity contribution >= 4 is 38.0 Å². The maximum absolute atomic E-state index is 11.9. The molecule has 1 saturated heterocycles. The number of aromatic amines is 1. The number of hydrogen-bond donors (Lipinski definition) is 1. The second-order valence-corrected chi connectivity index (χ2v) is 9.49. The molecule has 1 fully saturated rings. The lowest BCUT2D eigenvalue weighted by Crippen LogP contribution is -2.45. The van der Waals surface area contributed by atoms with E-state index in [4.69, 9.17) is 11.6 Å². The summed E-state index contributed by atoms with van der Waals surface area (Å²) >= 11 is 5.97. The topological polar surface area (TPSA) is 56.4 Å². The summed E-state index contributed by atoms with van der Waals surface area (Å²) in [4.78, 5) is 8.39. The van der Waals surface area contributed by atoms with Crippen molar-refractivity contribution in [3.05, 3.63) is 59.2 Å². The third kappa shape index (κ3) is 3.98. The van der Waals surface area contributed by atoms with Crippen LogP contribution >= 0.6 is 11.6 Å². The molecular weight excluding hydrogens is 382 g/mol. The summed E-state index contributed by atoms with van der Waals surface area (Å²) in [6.07, 6.45) is 3.23. The van der Waals surface area contributed by atoms with E-state index in [0.717, 1.165) is 54.2 Å². The molecular formula is C20H22ClN3O2S. The van der Waals surface area contributed by atoms with Crippen molar-refractivity contribution in [2.24, 2.45) is 0 Å². The molecule has 0 unspecified atom stereocenters. The number of nitrogens with zero attached hydrogens (tertiary/aromatic N) is 2. The van der Waals surface area contributed by atoms with Crippen LogP contribution in [0.15, 0.2) is 53.6 Å². The number of halogens is 1. The van der Waals surface area contributed by atoms with E-state index in [2.05, 4.69) is 26.9 Å². The Labute approximate surface area is 164 Å². The SMILES string of the molecule is CS(=O)(=O)c1ccc2[nH]cc(CN3CCN(c4ccc(Cl)cc4)CC3)c2c1. The summed E-state index contributed by atoms with van der Waals surface area (Å²) < 4.78 is 23.7.